The second-order valence-corrected chi connectivity index (χ2v) is 6.88. The Hall–Kier alpha value is -2.78. The minimum absolute atomic E-state index is 0.0133. The Bertz CT molecular complexity index is 879. The first kappa shape index (κ1) is 18.6. The van der Waals surface area contributed by atoms with Gasteiger partial charge < -0.3 is 10.6 Å². The highest BCUT2D eigenvalue weighted by molar-refractivity contribution is 7.89. The molecule has 0 atom stereocenters. The fourth-order valence-electron chi connectivity index (χ4n) is 2.01. The van der Waals surface area contributed by atoms with Gasteiger partial charge >= 0.3 is 0 Å². The number of primary sulfonamides is 1. The van der Waals surface area contributed by atoms with E-state index in [9.17, 15) is 18.0 Å². The van der Waals surface area contributed by atoms with Crippen molar-refractivity contribution in [3.05, 3.63) is 59.4 Å². The average Bonchev–Trinajstić information content (AvgIpc) is 2.57. The average molecular weight is 362 g/mol. The zero-order chi connectivity index (χ0) is 18.4. The Morgan fingerprint density at radius 1 is 1.08 bits per heavy atom. The maximum Gasteiger partial charge on any atom is 0.251 e. The van der Waals surface area contributed by atoms with Crippen LogP contribution in [0.4, 0.5) is 0 Å². The van der Waals surface area contributed by atoms with Crippen LogP contribution in [-0.2, 0) is 27.9 Å². The van der Waals surface area contributed by atoms with E-state index in [1.54, 1.807) is 24.3 Å². The predicted molar refractivity (Wildman–Crippen MR) is 90.7 cm³/mol. The van der Waals surface area contributed by atoms with Crippen molar-refractivity contribution in [1.29, 1.82) is 0 Å². The number of carbonyl (C=O) groups is 2. The second-order valence-electron chi connectivity index (χ2n) is 5.32. The molecule has 8 nitrogen and oxygen atoms in total. The van der Waals surface area contributed by atoms with Gasteiger partial charge in [0, 0.05) is 25.2 Å². The molecule has 0 aliphatic heterocycles. The first-order valence-electron chi connectivity index (χ1n) is 7.35. The smallest absolute Gasteiger partial charge is 0.251 e. The van der Waals surface area contributed by atoms with Crippen LogP contribution in [-0.4, -0.2) is 25.2 Å². The highest BCUT2D eigenvalue weighted by Gasteiger charge is 2.09. The summed E-state index contributed by atoms with van der Waals surface area (Å²) < 4.78 is 22.4. The van der Waals surface area contributed by atoms with Crippen LogP contribution in [0.25, 0.3) is 0 Å². The number of benzene rings is 1. The molecule has 4 N–H and O–H groups in total. The summed E-state index contributed by atoms with van der Waals surface area (Å²) in [7, 11) is -3.73. The minimum Gasteiger partial charge on any atom is -0.351 e. The standard InChI is InChI=1S/C16H18N4O4S/c1-11(21)19-10-14-8-13(6-7-18-14)16(22)20-9-12-2-4-15(5-3-12)25(17,23)24/h2-8H,9-10H2,1H3,(H,19,21)(H,20,22)(H2,17,23,24). The number of sulfonamides is 1. The fraction of sp³-hybridized carbons (Fsp3) is 0.188. The van der Waals surface area contributed by atoms with Gasteiger partial charge in [-0.05, 0) is 29.8 Å². The topological polar surface area (TPSA) is 131 Å². The van der Waals surface area contributed by atoms with E-state index < -0.39 is 10.0 Å². The number of pyridine rings is 1. The Balaban J connectivity index is 1.98. The summed E-state index contributed by atoms with van der Waals surface area (Å²) in [4.78, 5) is 27.2. The van der Waals surface area contributed by atoms with Gasteiger partial charge in [0.15, 0.2) is 0 Å². The first-order chi connectivity index (χ1) is 11.8. The summed E-state index contributed by atoms with van der Waals surface area (Å²) in [6.45, 7) is 1.87. The number of rotatable bonds is 6. The Labute approximate surface area is 145 Å². The molecule has 0 radical (unpaired) electrons. The van der Waals surface area contributed by atoms with Gasteiger partial charge in [-0.2, -0.15) is 0 Å². The zero-order valence-electron chi connectivity index (χ0n) is 13.5. The van der Waals surface area contributed by atoms with Crippen molar-refractivity contribution in [2.24, 2.45) is 5.14 Å². The fourth-order valence-corrected chi connectivity index (χ4v) is 2.53. The molecule has 0 spiro atoms. The Morgan fingerprint density at radius 3 is 2.36 bits per heavy atom. The Morgan fingerprint density at radius 2 is 1.76 bits per heavy atom. The van der Waals surface area contributed by atoms with Crippen LogP contribution in [0.3, 0.4) is 0 Å². The number of hydrogen-bond donors (Lipinski definition) is 3. The molecule has 9 heteroatoms. The molecule has 1 heterocycles. The number of carbonyl (C=O) groups excluding carboxylic acids is 2. The SMILES string of the molecule is CC(=O)NCc1cc(C(=O)NCc2ccc(S(N)(=O)=O)cc2)ccn1. The van der Waals surface area contributed by atoms with Crippen molar-refractivity contribution in [3.63, 3.8) is 0 Å². The highest BCUT2D eigenvalue weighted by atomic mass is 32.2. The summed E-state index contributed by atoms with van der Waals surface area (Å²) in [5.41, 5.74) is 1.71. The third-order valence-corrected chi connectivity index (χ3v) is 4.23. The molecule has 1 aromatic heterocycles. The van der Waals surface area contributed by atoms with Crippen molar-refractivity contribution in [2.45, 2.75) is 24.9 Å². The minimum atomic E-state index is -3.73. The highest BCUT2D eigenvalue weighted by Crippen LogP contribution is 2.09. The number of nitrogens with two attached hydrogens (primary N) is 1. The van der Waals surface area contributed by atoms with E-state index in [2.05, 4.69) is 15.6 Å². The lowest BCUT2D eigenvalue weighted by atomic mass is 10.2. The summed E-state index contributed by atoms with van der Waals surface area (Å²) in [6.07, 6.45) is 1.49. The van der Waals surface area contributed by atoms with Gasteiger partial charge in [0.2, 0.25) is 15.9 Å². The molecule has 0 aliphatic rings. The van der Waals surface area contributed by atoms with Crippen molar-refractivity contribution in [2.75, 3.05) is 0 Å². The van der Waals surface area contributed by atoms with Gasteiger partial charge in [0.1, 0.15) is 0 Å². The van der Waals surface area contributed by atoms with Crippen LogP contribution in [0.2, 0.25) is 0 Å². The van der Waals surface area contributed by atoms with Gasteiger partial charge in [0.25, 0.3) is 5.91 Å². The normalized spacial score (nSPS) is 11.0. The van der Waals surface area contributed by atoms with Crippen molar-refractivity contribution < 1.29 is 18.0 Å². The quantitative estimate of drug-likeness (QED) is 0.680. The maximum absolute atomic E-state index is 12.2. The summed E-state index contributed by atoms with van der Waals surface area (Å²) in [5, 5.41) is 10.4. The van der Waals surface area contributed by atoms with Crippen LogP contribution < -0.4 is 15.8 Å². The molecule has 2 aromatic rings. The summed E-state index contributed by atoms with van der Waals surface area (Å²) >= 11 is 0. The van der Waals surface area contributed by atoms with Crippen LogP contribution in [0.15, 0.2) is 47.5 Å². The van der Waals surface area contributed by atoms with Crippen molar-refractivity contribution in [3.8, 4) is 0 Å². The summed E-state index contributed by atoms with van der Waals surface area (Å²) in [5.74, 6) is -0.485. The van der Waals surface area contributed by atoms with Crippen LogP contribution in [0.1, 0.15) is 28.5 Å². The third-order valence-electron chi connectivity index (χ3n) is 3.30. The number of amides is 2. The number of hydrogen-bond acceptors (Lipinski definition) is 5. The van der Waals surface area contributed by atoms with Gasteiger partial charge in [-0.1, -0.05) is 12.1 Å². The van der Waals surface area contributed by atoms with Crippen LogP contribution in [0.5, 0.6) is 0 Å². The molecule has 0 saturated carbocycles. The molecule has 0 unspecified atom stereocenters. The molecular weight excluding hydrogens is 344 g/mol. The molecule has 0 aliphatic carbocycles. The molecule has 0 bridgehead atoms. The molecule has 25 heavy (non-hydrogen) atoms. The lowest BCUT2D eigenvalue weighted by molar-refractivity contribution is -0.119. The van der Waals surface area contributed by atoms with E-state index in [0.29, 0.717) is 11.3 Å². The largest absolute Gasteiger partial charge is 0.351 e. The number of nitrogens with zero attached hydrogens (tertiary/aromatic N) is 1. The van der Waals surface area contributed by atoms with E-state index in [1.165, 1.54) is 25.3 Å². The molecule has 0 fully saturated rings. The molecule has 132 valence electrons. The number of aromatic nitrogens is 1. The molecular formula is C16H18N4O4S. The maximum atomic E-state index is 12.2. The van der Waals surface area contributed by atoms with Gasteiger partial charge in [-0.15, -0.1) is 0 Å². The van der Waals surface area contributed by atoms with E-state index in [1.807, 2.05) is 0 Å². The molecule has 0 saturated heterocycles. The van der Waals surface area contributed by atoms with Gasteiger partial charge in [-0.3, -0.25) is 14.6 Å². The summed E-state index contributed by atoms with van der Waals surface area (Å²) in [6, 6.07) is 9.08. The van der Waals surface area contributed by atoms with E-state index in [-0.39, 0.29) is 29.8 Å². The zero-order valence-corrected chi connectivity index (χ0v) is 14.3. The third kappa shape index (κ3) is 5.66. The van der Waals surface area contributed by atoms with Crippen LogP contribution in [0, 0.1) is 0 Å². The predicted octanol–water partition coefficient (Wildman–Crippen LogP) is 0.295. The number of nitrogens with one attached hydrogen (secondary N) is 2. The van der Waals surface area contributed by atoms with Gasteiger partial charge in [-0.25, -0.2) is 13.6 Å². The lowest BCUT2D eigenvalue weighted by Crippen LogP contribution is -2.24. The van der Waals surface area contributed by atoms with Crippen molar-refractivity contribution in [1.82, 2.24) is 15.6 Å². The lowest BCUT2D eigenvalue weighted by Gasteiger charge is -2.08. The molecule has 2 amide bonds. The Kier molecular flexibility index (Phi) is 5.84. The van der Waals surface area contributed by atoms with E-state index in [4.69, 9.17) is 5.14 Å². The van der Waals surface area contributed by atoms with Crippen LogP contribution >= 0.6 is 0 Å². The van der Waals surface area contributed by atoms with Gasteiger partial charge in [0.05, 0.1) is 17.1 Å². The van der Waals surface area contributed by atoms with Crippen molar-refractivity contribution >= 4 is 21.8 Å². The van der Waals surface area contributed by atoms with E-state index in [0.717, 1.165) is 5.56 Å². The molecule has 1 aromatic carbocycles. The van der Waals surface area contributed by atoms with E-state index >= 15 is 0 Å². The first-order valence-corrected chi connectivity index (χ1v) is 8.89. The monoisotopic (exact) mass is 362 g/mol. The molecule has 2 rings (SSSR count). The second kappa shape index (κ2) is 7.86.